The van der Waals surface area contributed by atoms with Crippen molar-refractivity contribution in [1.29, 1.82) is 0 Å². The third-order valence-electron chi connectivity index (χ3n) is 5.10. The van der Waals surface area contributed by atoms with Gasteiger partial charge in [-0.25, -0.2) is 9.18 Å². The van der Waals surface area contributed by atoms with E-state index in [4.69, 9.17) is 11.6 Å². The lowest BCUT2D eigenvalue weighted by Gasteiger charge is -2.26. The maximum atomic E-state index is 13.9. The van der Waals surface area contributed by atoms with Crippen LogP contribution in [0.5, 0.6) is 0 Å². The number of halogens is 2. The number of imide groups is 1. The second-order valence-corrected chi connectivity index (χ2v) is 7.47. The third kappa shape index (κ3) is 3.75. The molecule has 0 spiro atoms. The molecule has 3 aromatic rings. The van der Waals surface area contributed by atoms with Gasteiger partial charge in [-0.3, -0.25) is 19.6 Å². The molecule has 1 atom stereocenters. The highest BCUT2D eigenvalue weighted by atomic mass is 35.5. The molecule has 1 fully saturated rings. The van der Waals surface area contributed by atoms with E-state index in [-0.39, 0.29) is 12.1 Å². The van der Waals surface area contributed by atoms with Gasteiger partial charge in [0, 0.05) is 23.8 Å². The second kappa shape index (κ2) is 7.84. The molecular weight excluding hydrogens is 425 g/mol. The number of rotatable bonds is 5. The van der Waals surface area contributed by atoms with Crippen LogP contribution >= 0.6 is 11.6 Å². The number of urea groups is 1. The molecule has 0 radical (unpaired) electrons. The summed E-state index contributed by atoms with van der Waals surface area (Å²) in [5, 5.41) is 12.0. The van der Waals surface area contributed by atoms with Gasteiger partial charge in [0.25, 0.3) is 11.8 Å². The number of nitrogens with one attached hydrogen (secondary N) is 3. The summed E-state index contributed by atoms with van der Waals surface area (Å²) in [6.07, 6.45) is 1.48. The van der Waals surface area contributed by atoms with E-state index < -0.39 is 29.2 Å². The summed E-state index contributed by atoms with van der Waals surface area (Å²) >= 11 is 5.92. The first-order chi connectivity index (χ1) is 14.8. The first-order valence-corrected chi connectivity index (χ1v) is 9.64. The van der Waals surface area contributed by atoms with E-state index in [1.165, 1.54) is 29.1 Å². The van der Waals surface area contributed by atoms with Crippen LogP contribution in [-0.2, 0) is 17.4 Å². The molecule has 2 aromatic carbocycles. The molecule has 4 rings (SSSR count). The zero-order chi connectivity index (χ0) is 22.2. The normalized spacial score (nSPS) is 17.9. The molecule has 0 saturated carbocycles. The van der Waals surface area contributed by atoms with Crippen molar-refractivity contribution in [3.05, 3.63) is 76.8 Å². The number of amides is 4. The summed E-state index contributed by atoms with van der Waals surface area (Å²) in [6.45, 7) is -0.236. The fourth-order valence-electron chi connectivity index (χ4n) is 3.57. The van der Waals surface area contributed by atoms with Gasteiger partial charge in [0.05, 0.1) is 12.2 Å². The predicted molar refractivity (Wildman–Crippen MR) is 111 cm³/mol. The Kier molecular flexibility index (Phi) is 5.20. The topological polar surface area (TPSA) is 105 Å². The lowest BCUT2D eigenvalue weighted by molar-refractivity contribution is -0.124. The van der Waals surface area contributed by atoms with E-state index in [1.807, 2.05) is 0 Å². The van der Waals surface area contributed by atoms with Crippen molar-refractivity contribution in [2.45, 2.75) is 5.54 Å². The van der Waals surface area contributed by atoms with Crippen LogP contribution in [0.1, 0.15) is 16.1 Å². The summed E-state index contributed by atoms with van der Waals surface area (Å²) in [6, 6.07) is 11.3. The molecule has 10 heteroatoms. The fourth-order valence-corrected chi connectivity index (χ4v) is 3.70. The quantitative estimate of drug-likeness (QED) is 0.528. The molecule has 1 aliphatic rings. The van der Waals surface area contributed by atoms with Crippen molar-refractivity contribution in [3.63, 3.8) is 0 Å². The van der Waals surface area contributed by atoms with Crippen LogP contribution < -0.4 is 16.0 Å². The zero-order valence-corrected chi connectivity index (χ0v) is 17.0. The summed E-state index contributed by atoms with van der Waals surface area (Å²) in [5.41, 5.74) is 0.0334. The predicted octanol–water partition coefficient (Wildman–Crippen LogP) is 2.34. The smallest absolute Gasteiger partial charge is 0.322 e. The van der Waals surface area contributed by atoms with Crippen LogP contribution in [0.4, 0.5) is 9.18 Å². The SMILES string of the molecule is Cn1nccc1C1(CNC(=O)c2ccc(F)cc2-c2ccc(Cl)cc2)NC(=O)NC1=O. The number of carbonyl (C=O) groups is 3. The fraction of sp³-hybridized carbons (Fsp3) is 0.143. The molecule has 0 bridgehead atoms. The lowest BCUT2D eigenvalue weighted by Crippen LogP contribution is -2.53. The van der Waals surface area contributed by atoms with Gasteiger partial charge in [-0.05, 0) is 47.5 Å². The average Bonchev–Trinajstić information content (AvgIpc) is 3.29. The molecule has 1 saturated heterocycles. The van der Waals surface area contributed by atoms with Crippen LogP contribution in [-0.4, -0.2) is 34.2 Å². The number of hydrogen-bond donors (Lipinski definition) is 3. The van der Waals surface area contributed by atoms with E-state index in [2.05, 4.69) is 21.0 Å². The minimum Gasteiger partial charge on any atom is -0.349 e. The van der Waals surface area contributed by atoms with E-state index in [1.54, 1.807) is 37.4 Å². The van der Waals surface area contributed by atoms with Crippen molar-refractivity contribution < 1.29 is 18.8 Å². The van der Waals surface area contributed by atoms with Gasteiger partial charge in [0.1, 0.15) is 5.82 Å². The summed E-state index contributed by atoms with van der Waals surface area (Å²) in [5.74, 6) is -1.66. The average molecular weight is 442 g/mol. The second-order valence-electron chi connectivity index (χ2n) is 7.03. The molecule has 8 nitrogen and oxygen atoms in total. The molecule has 1 aliphatic heterocycles. The molecule has 1 aromatic heterocycles. The van der Waals surface area contributed by atoms with Gasteiger partial charge in [-0.1, -0.05) is 23.7 Å². The lowest BCUT2D eigenvalue weighted by atomic mass is 9.94. The zero-order valence-electron chi connectivity index (χ0n) is 16.3. The Morgan fingerprint density at radius 1 is 1.19 bits per heavy atom. The Bertz CT molecular complexity index is 1190. The Balaban J connectivity index is 1.66. The third-order valence-corrected chi connectivity index (χ3v) is 5.35. The maximum absolute atomic E-state index is 13.9. The largest absolute Gasteiger partial charge is 0.349 e. The van der Waals surface area contributed by atoms with Gasteiger partial charge >= 0.3 is 6.03 Å². The summed E-state index contributed by atoms with van der Waals surface area (Å²) in [7, 11) is 1.62. The number of aromatic nitrogens is 2. The highest BCUT2D eigenvalue weighted by Crippen LogP contribution is 2.28. The van der Waals surface area contributed by atoms with E-state index in [0.29, 0.717) is 21.8 Å². The van der Waals surface area contributed by atoms with Crippen molar-refractivity contribution in [3.8, 4) is 11.1 Å². The van der Waals surface area contributed by atoms with Crippen LogP contribution in [0.15, 0.2) is 54.7 Å². The number of carbonyl (C=O) groups excluding carboxylic acids is 3. The molecule has 1 unspecified atom stereocenters. The van der Waals surface area contributed by atoms with Crippen molar-refractivity contribution in [2.75, 3.05) is 6.54 Å². The van der Waals surface area contributed by atoms with Crippen molar-refractivity contribution in [1.82, 2.24) is 25.7 Å². The van der Waals surface area contributed by atoms with Gasteiger partial charge in [0.2, 0.25) is 0 Å². The minimum absolute atomic E-state index is 0.202. The van der Waals surface area contributed by atoms with Gasteiger partial charge in [0.15, 0.2) is 5.54 Å². The Hall–Kier alpha value is -3.72. The van der Waals surface area contributed by atoms with Crippen LogP contribution in [0.25, 0.3) is 11.1 Å². The standard InChI is InChI=1S/C21H17ClFN5O3/c1-28-17(8-9-25-28)21(19(30)26-20(31)27-21)11-24-18(29)15-7-6-14(23)10-16(15)12-2-4-13(22)5-3-12/h2-10H,11H2,1H3,(H,24,29)(H2,26,27,30,31). The number of hydrogen-bond acceptors (Lipinski definition) is 4. The molecular formula is C21H17ClFN5O3. The van der Waals surface area contributed by atoms with Crippen molar-refractivity contribution >= 4 is 29.4 Å². The van der Waals surface area contributed by atoms with E-state index in [0.717, 1.165) is 0 Å². The molecule has 3 N–H and O–H groups in total. The number of benzene rings is 2. The van der Waals surface area contributed by atoms with E-state index in [9.17, 15) is 18.8 Å². The first kappa shape index (κ1) is 20.5. The Morgan fingerprint density at radius 3 is 2.55 bits per heavy atom. The van der Waals surface area contributed by atoms with Crippen molar-refractivity contribution in [2.24, 2.45) is 7.05 Å². The van der Waals surface area contributed by atoms with Gasteiger partial charge in [-0.15, -0.1) is 0 Å². The minimum atomic E-state index is -1.53. The monoisotopic (exact) mass is 441 g/mol. The molecule has 158 valence electrons. The number of nitrogens with zero attached hydrogens (tertiary/aromatic N) is 2. The Morgan fingerprint density at radius 2 is 1.94 bits per heavy atom. The van der Waals surface area contributed by atoms with E-state index >= 15 is 0 Å². The first-order valence-electron chi connectivity index (χ1n) is 9.26. The van der Waals surface area contributed by atoms with Gasteiger partial charge in [-0.2, -0.15) is 5.10 Å². The van der Waals surface area contributed by atoms with Gasteiger partial charge < -0.3 is 10.6 Å². The highest BCUT2D eigenvalue weighted by molar-refractivity contribution is 6.30. The van der Waals surface area contributed by atoms with Crippen LogP contribution in [0.2, 0.25) is 5.02 Å². The summed E-state index contributed by atoms with van der Waals surface area (Å²) < 4.78 is 15.4. The molecule has 31 heavy (non-hydrogen) atoms. The number of aryl methyl sites for hydroxylation is 1. The summed E-state index contributed by atoms with van der Waals surface area (Å²) in [4.78, 5) is 37.5. The van der Waals surface area contributed by atoms with Crippen LogP contribution in [0.3, 0.4) is 0 Å². The Labute approximate surface area is 181 Å². The highest BCUT2D eigenvalue weighted by Gasteiger charge is 2.49. The molecule has 4 amide bonds. The maximum Gasteiger partial charge on any atom is 0.322 e. The molecule has 0 aliphatic carbocycles. The molecule has 2 heterocycles. The van der Waals surface area contributed by atoms with Crippen LogP contribution in [0, 0.1) is 5.82 Å².